The monoisotopic (exact) mass is 338 g/mol. The van der Waals surface area contributed by atoms with Gasteiger partial charge in [-0.25, -0.2) is 4.39 Å². The van der Waals surface area contributed by atoms with Crippen molar-refractivity contribution in [2.24, 2.45) is 0 Å². The molecule has 0 spiro atoms. The lowest BCUT2D eigenvalue weighted by molar-refractivity contribution is 0.623. The number of aromatic nitrogens is 1. The van der Waals surface area contributed by atoms with Crippen molar-refractivity contribution < 1.29 is 4.39 Å². The highest BCUT2D eigenvalue weighted by Crippen LogP contribution is 2.29. The first kappa shape index (κ1) is 14.9. The van der Waals surface area contributed by atoms with Crippen molar-refractivity contribution in [3.63, 3.8) is 0 Å². The van der Waals surface area contributed by atoms with E-state index < -0.39 is 5.82 Å². The third-order valence-electron chi connectivity index (χ3n) is 4.33. The summed E-state index contributed by atoms with van der Waals surface area (Å²) in [7, 11) is 0. The van der Waals surface area contributed by atoms with E-state index in [0.29, 0.717) is 6.04 Å². The second-order valence-corrected chi connectivity index (χ2v) is 6.76. The van der Waals surface area contributed by atoms with Crippen molar-refractivity contribution in [3.8, 4) is 6.07 Å². The van der Waals surface area contributed by atoms with Gasteiger partial charge in [-0.05, 0) is 42.1 Å². The summed E-state index contributed by atoms with van der Waals surface area (Å²) in [4.78, 5) is 6.50. The first-order chi connectivity index (χ1) is 11.7. The molecule has 4 nitrogen and oxygen atoms in total. The molecule has 0 amide bonds. The average Bonchev–Trinajstić information content (AvgIpc) is 3.24. The largest absolute Gasteiger partial charge is 0.379 e. The number of benzene rings is 1. The Morgan fingerprint density at radius 1 is 1.33 bits per heavy atom. The molecule has 0 aliphatic carbocycles. The highest BCUT2D eigenvalue weighted by atomic mass is 32.1. The number of hydrogen-bond donors (Lipinski definition) is 1. The van der Waals surface area contributed by atoms with E-state index in [1.807, 2.05) is 35.8 Å². The maximum absolute atomic E-state index is 13.8. The van der Waals surface area contributed by atoms with Crippen LogP contribution in [0.15, 0.2) is 41.9 Å². The van der Waals surface area contributed by atoms with Crippen LogP contribution in [-0.4, -0.2) is 24.1 Å². The zero-order valence-electron chi connectivity index (χ0n) is 12.9. The number of nitriles is 1. The van der Waals surface area contributed by atoms with Crippen LogP contribution in [0.3, 0.4) is 0 Å². The van der Waals surface area contributed by atoms with Gasteiger partial charge in [0.2, 0.25) is 0 Å². The van der Waals surface area contributed by atoms with Gasteiger partial charge in [0.15, 0.2) is 0 Å². The lowest BCUT2D eigenvalue weighted by Crippen LogP contribution is -2.26. The molecular weight excluding hydrogens is 323 g/mol. The summed E-state index contributed by atoms with van der Waals surface area (Å²) in [6, 6.07) is 11.0. The number of pyridine rings is 1. The normalized spacial score (nSPS) is 17.2. The number of halogens is 1. The predicted molar refractivity (Wildman–Crippen MR) is 95.0 cm³/mol. The van der Waals surface area contributed by atoms with Crippen LogP contribution in [0.25, 0.3) is 10.2 Å². The van der Waals surface area contributed by atoms with E-state index in [9.17, 15) is 4.39 Å². The van der Waals surface area contributed by atoms with Gasteiger partial charge in [-0.15, -0.1) is 11.3 Å². The molecule has 1 fully saturated rings. The van der Waals surface area contributed by atoms with E-state index in [2.05, 4.69) is 15.2 Å². The molecular formula is C18H15FN4S. The van der Waals surface area contributed by atoms with E-state index >= 15 is 0 Å². The first-order valence-corrected chi connectivity index (χ1v) is 8.66. The second-order valence-electron chi connectivity index (χ2n) is 5.85. The Hall–Kier alpha value is -2.65. The molecule has 24 heavy (non-hydrogen) atoms. The number of fused-ring (bicyclic) bond motifs is 1. The molecule has 1 N–H and O–H groups in total. The van der Waals surface area contributed by atoms with Crippen molar-refractivity contribution in [3.05, 3.63) is 53.3 Å². The maximum atomic E-state index is 13.8. The number of thiophene rings is 1. The van der Waals surface area contributed by atoms with Gasteiger partial charge in [0.25, 0.3) is 0 Å². The molecule has 120 valence electrons. The smallest absolute Gasteiger partial charge is 0.143 e. The lowest BCUT2D eigenvalue weighted by atomic mass is 10.2. The molecule has 3 heterocycles. The summed E-state index contributed by atoms with van der Waals surface area (Å²) in [6.07, 6.45) is 2.80. The van der Waals surface area contributed by atoms with E-state index in [1.165, 1.54) is 10.8 Å². The Bertz CT molecular complexity index is 930. The SMILES string of the molecule is N#Cc1ccc(N2CCC(Nc3ccnc4ccsc34)C2)cc1F. The highest BCUT2D eigenvalue weighted by molar-refractivity contribution is 7.17. The average molecular weight is 338 g/mol. The van der Waals surface area contributed by atoms with Crippen LogP contribution < -0.4 is 10.2 Å². The molecule has 1 unspecified atom stereocenters. The Morgan fingerprint density at radius 3 is 3.08 bits per heavy atom. The van der Waals surface area contributed by atoms with E-state index in [-0.39, 0.29) is 5.56 Å². The summed E-state index contributed by atoms with van der Waals surface area (Å²) >= 11 is 1.68. The quantitative estimate of drug-likeness (QED) is 0.784. The molecule has 0 saturated carbocycles. The van der Waals surface area contributed by atoms with Crippen molar-refractivity contribution in [2.75, 3.05) is 23.3 Å². The van der Waals surface area contributed by atoms with E-state index in [4.69, 9.17) is 5.26 Å². The van der Waals surface area contributed by atoms with Crippen LogP contribution in [0.1, 0.15) is 12.0 Å². The molecule has 6 heteroatoms. The van der Waals surface area contributed by atoms with Crippen molar-refractivity contribution in [1.82, 2.24) is 4.98 Å². The fourth-order valence-electron chi connectivity index (χ4n) is 3.11. The molecule has 1 aliphatic rings. The lowest BCUT2D eigenvalue weighted by Gasteiger charge is -2.20. The number of nitrogens with one attached hydrogen (secondary N) is 1. The second kappa shape index (κ2) is 6.10. The Balaban J connectivity index is 1.50. The van der Waals surface area contributed by atoms with Crippen LogP contribution >= 0.6 is 11.3 Å². The van der Waals surface area contributed by atoms with Crippen molar-refractivity contribution >= 4 is 32.9 Å². The summed E-state index contributed by atoms with van der Waals surface area (Å²) in [5.74, 6) is -0.458. The zero-order chi connectivity index (χ0) is 16.5. The van der Waals surface area contributed by atoms with Gasteiger partial charge in [-0.3, -0.25) is 4.98 Å². The fraction of sp³-hybridized carbons (Fsp3) is 0.222. The molecule has 4 rings (SSSR count). The molecule has 0 radical (unpaired) electrons. The van der Waals surface area contributed by atoms with Crippen molar-refractivity contribution in [1.29, 1.82) is 5.26 Å². The summed E-state index contributed by atoms with van der Waals surface area (Å²) in [6.45, 7) is 1.67. The summed E-state index contributed by atoms with van der Waals surface area (Å²) in [5, 5.41) is 14.5. The molecule has 1 atom stereocenters. The van der Waals surface area contributed by atoms with Crippen LogP contribution in [0.5, 0.6) is 0 Å². The Kier molecular flexibility index (Phi) is 3.79. The third-order valence-corrected chi connectivity index (χ3v) is 5.27. The molecule has 1 aliphatic heterocycles. The van der Waals surface area contributed by atoms with Gasteiger partial charge in [0.1, 0.15) is 11.9 Å². The van der Waals surface area contributed by atoms with Gasteiger partial charge in [-0.1, -0.05) is 0 Å². The minimum atomic E-state index is -0.458. The minimum Gasteiger partial charge on any atom is -0.379 e. The predicted octanol–water partition coefficient (Wildman–Crippen LogP) is 4.00. The number of rotatable bonds is 3. The van der Waals surface area contributed by atoms with Crippen LogP contribution in [0, 0.1) is 17.1 Å². The third kappa shape index (κ3) is 2.68. The van der Waals surface area contributed by atoms with Crippen LogP contribution in [0.4, 0.5) is 15.8 Å². The number of hydrogen-bond acceptors (Lipinski definition) is 5. The molecule has 2 aromatic heterocycles. The van der Waals surface area contributed by atoms with Crippen molar-refractivity contribution in [2.45, 2.75) is 12.5 Å². The zero-order valence-corrected chi connectivity index (χ0v) is 13.7. The Labute approximate surface area is 143 Å². The highest BCUT2D eigenvalue weighted by Gasteiger charge is 2.23. The van der Waals surface area contributed by atoms with Gasteiger partial charge in [0, 0.05) is 31.0 Å². The summed E-state index contributed by atoms with van der Waals surface area (Å²) in [5.41, 5.74) is 3.03. The molecule has 1 aromatic carbocycles. The van der Waals surface area contributed by atoms with Crippen LogP contribution in [-0.2, 0) is 0 Å². The van der Waals surface area contributed by atoms with Gasteiger partial charge in [0.05, 0.1) is 21.5 Å². The Morgan fingerprint density at radius 2 is 2.25 bits per heavy atom. The maximum Gasteiger partial charge on any atom is 0.143 e. The van der Waals surface area contributed by atoms with Gasteiger partial charge >= 0.3 is 0 Å². The summed E-state index contributed by atoms with van der Waals surface area (Å²) < 4.78 is 15.0. The minimum absolute atomic E-state index is 0.0875. The molecule has 3 aromatic rings. The first-order valence-electron chi connectivity index (χ1n) is 7.78. The van der Waals surface area contributed by atoms with Crippen LogP contribution in [0.2, 0.25) is 0 Å². The van der Waals surface area contributed by atoms with Gasteiger partial charge < -0.3 is 10.2 Å². The number of anilines is 2. The molecule has 1 saturated heterocycles. The van der Waals surface area contributed by atoms with E-state index in [0.717, 1.165) is 36.4 Å². The molecule has 0 bridgehead atoms. The van der Waals surface area contributed by atoms with Gasteiger partial charge in [-0.2, -0.15) is 5.26 Å². The van der Waals surface area contributed by atoms with E-state index in [1.54, 1.807) is 17.4 Å². The standard InChI is InChI=1S/C18H15FN4S/c19-15-9-14(2-1-12(15)10-20)23-7-4-13(11-23)22-17-3-6-21-16-5-8-24-18(16)17/h1-3,5-6,8-9,13H,4,7,11H2,(H,21,22). The number of nitrogens with zero attached hydrogens (tertiary/aromatic N) is 3. The topological polar surface area (TPSA) is 52.0 Å². The fourth-order valence-corrected chi connectivity index (χ4v) is 3.94.